The number of carboxylic acid groups (broad SMARTS) is 1. The van der Waals surface area contributed by atoms with Crippen LogP contribution in [0.4, 0.5) is 0 Å². The zero-order valence-electron chi connectivity index (χ0n) is 11.9. The highest BCUT2D eigenvalue weighted by molar-refractivity contribution is 5.86. The molecule has 0 bridgehead atoms. The van der Waals surface area contributed by atoms with Crippen molar-refractivity contribution in [2.75, 3.05) is 0 Å². The molecule has 0 fully saturated rings. The number of nitrogens with one attached hydrogen (secondary N) is 1. The number of amides is 1. The number of aryl methyl sites for hydroxylation is 3. The fourth-order valence-electron chi connectivity index (χ4n) is 1.93. The van der Waals surface area contributed by atoms with Gasteiger partial charge in [0.25, 0.3) is 0 Å². The van der Waals surface area contributed by atoms with Crippen LogP contribution in [0.2, 0.25) is 0 Å². The number of aromatic carboxylic acids is 1. The van der Waals surface area contributed by atoms with Crippen molar-refractivity contribution in [1.82, 2.24) is 15.1 Å². The Morgan fingerprint density at radius 1 is 1.43 bits per heavy atom. The molecule has 2 aromatic rings. The van der Waals surface area contributed by atoms with E-state index < -0.39 is 5.97 Å². The molecule has 0 unspecified atom stereocenters. The van der Waals surface area contributed by atoms with Crippen LogP contribution in [0.5, 0.6) is 0 Å². The Morgan fingerprint density at radius 2 is 2.19 bits per heavy atom. The largest absolute Gasteiger partial charge is 0.475 e. The number of carbonyl (C=O) groups is 2. The van der Waals surface area contributed by atoms with Crippen molar-refractivity contribution >= 4 is 11.9 Å². The van der Waals surface area contributed by atoms with E-state index in [2.05, 4.69) is 10.4 Å². The van der Waals surface area contributed by atoms with Crippen LogP contribution < -0.4 is 5.32 Å². The van der Waals surface area contributed by atoms with E-state index in [0.29, 0.717) is 24.3 Å². The third-order valence-corrected chi connectivity index (χ3v) is 2.95. The van der Waals surface area contributed by atoms with E-state index in [4.69, 9.17) is 9.52 Å². The molecule has 7 heteroatoms. The second-order valence-corrected chi connectivity index (χ2v) is 4.84. The van der Waals surface area contributed by atoms with Crippen molar-refractivity contribution in [3.8, 4) is 0 Å². The zero-order chi connectivity index (χ0) is 15.4. The summed E-state index contributed by atoms with van der Waals surface area (Å²) in [6, 6.07) is 1.61. The Bertz CT molecular complexity index is 657. The Balaban J connectivity index is 1.81. The lowest BCUT2D eigenvalue weighted by Crippen LogP contribution is -2.23. The van der Waals surface area contributed by atoms with Gasteiger partial charge in [-0.2, -0.15) is 5.10 Å². The molecule has 2 N–H and O–H groups in total. The van der Waals surface area contributed by atoms with Gasteiger partial charge in [0, 0.05) is 24.7 Å². The first-order chi connectivity index (χ1) is 9.95. The third-order valence-electron chi connectivity index (χ3n) is 2.95. The van der Waals surface area contributed by atoms with Crippen LogP contribution in [0.15, 0.2) is 22.9 Å². The molecule has 2 rings (SSSR count). The maximum atomic E-state index is 11.7. The standard InChI is InChI=1S/C14H17N3O4/c1-9-6-16-17(8-9)4-3-12(18)15-7-11-5-10(2)13(21-11)14(19)20/h5-6,8H,3-4,7H2,1-2H3,(H,15,18)(H,19,20). The lowest BCUT2D eigenvalue weighted by atomic mass is 10.2. The number of hydrogen-bond acceptors (Lipinski definition) is 4. The average molecular weight is 291 g/mol. The van der Waals surface area contributed by atoms with E-state index in [1.54, 1.807) is 23.9 Å². The first kappa shape index (κ1) is 14.8. The van der Waals surface area contributed by atoms with Crippen molar-refractivity contribution in [3.63, 3.8) is 0 Å². The summed E-state index contributed by atoms with van der Waals surface area (Å²) < 4.78 is 6.86. The number of nitrogens with zero attached hydrogens (tertiary/aromatic N) is 2. The number of furan rings is 1. The van der Waals surface area contributed by atoms with Gasteiger partial charge in [-0.15, -0.1) is 0 Å². The van der Waals surface area contributed by atoms with Crippen molar-refractivity contribution < 1.29 is 19.1 Å². The van der Waals surface area contributed by atoms with Crippen LogP contribution in [-0.4, -0.2) is 26.8 Å². The minimum atomic E-state index is -1.11. The van der Waals surface area contributed by atoms with Crippen LogP contribution >= 0.6 is 0 Å². The van der Waals surface area contributed by atoms with Crippen LogP contribution in [0.25, 0.3) is 0 Å². The highest BCUT2D eigenvalue weighted by Crippen LogP contribution is 2.14. The highest BCUT2D eigenvalue weighted by atomic mass is 16.4. The third kappa shape index (κ3) is 3.95. The van der Waals surface area contributed by atoms with Crippen LogP contribution in [-0.2, 0) is 17.9 Å². The maximum absolute atomic E-state index is 11.7. The van der Waals surface area contributed by atoms with Gasteiger partial charge >= 0.3 is 5.97 Å². The molecule has 0 radical (unpaired) electrons. The Hall–Kier alpha value is -2.57. The number of carbonyl (C=O) groups excluding carboxylic acids is 1. The number of aromatic nitrogens is 2. The van der Waals surface area contributed by atoms with Crippen LogP contribution in [0.1, 0.15) is 33.9 Å². The van der Waals surface area contributed by atoms with Gasteiger partial charge < -0.3 is 14.8 Å². The SMILES string of the molecule is Cc1cnn(CCC(=O)NCc2cc(C)c(C(=O)O)o2)c1. The molecule has 21 heavy (non-hydrogen) atoms. The molecule has 0 saturated heterocycles. The zero-order valence-corrected chi connectivity index (χ0v) is 11.9. The second-order valence-electron chi connectivity index (χ2n) is 4.84. The Kier molecular flexibility index (Phi) is 4.42. The molecule has 0 aliphatic carbocycles. The molecular formula is C14H17N3O4. The Labute approximate surface area is 121 Å². The van der Waals surface area contributed by atoms with Crippen molar-refractivity contribution in [2.24, 2.45) is 0 Å². The first-order valence-electron chi connectivity index (χ1n) is 6.54. The quantitative estimate of drug-likeness (QED) is 0.840. The number of carboxylic acids is 1. The predicted molar refractivity (Wildman–Crippen MR) is 73.8 cm³/mol. The molecule has 0 aliphatic rings. The highest BCUT2D eigenvalue weighted by Gasteiger charge is 2.14. The van der Waals surface area contributed by atoms with E-state index in [-0.39, 0.29) is 18.2 Å². The molecule has 2 heterocycles. The van der Waals surface area contributed by atoms with E-state index in [9.17, 15) is 9.59 Å². The van der Waals surface area contributed by atoms with E-state index in [1.807, 2.05) is 13.1 Å². The Morgan fingerprint density at radius 3 is 2.76 bits per heavy atom. The molecule has 0 atom stereocenters. The minimum absolute atomic E-state index is 0.0914. The summed E-state index contributed by atoms with van der Waals surface area (Å²) >= 11 is 0. The van der Waals surface area contributed by atoms with Crippen molar-refractivity contribution in [1.29, 1.82) is 0 Å². The molecule has 0 aliphatic heterocycles. The van der Waals surface area contributed by atoms with Gasteiger partial charge in [-0.25, -0.2) is 4.79 Å². The lowest BCUT2D eigenvalue weighted by molar-refractivity contribution is -0.121. The summed E-state index contributed by atoms with van der Waals surface area (Å²) in [6.07, 6.45) is 3.89. The normalized spacial score (nSPS) is 10.6. The summed E-state index contributed by atoms with van der Waals surface area (Å²) in [7, 11) is 0. The summed E-state index contributed by atoms with van der Waals surface area (Å²) in [6.45, 7) is 4.25. The molecule has 0 spiro atoms. The molecule has 112 valence electrons. The summed E-state index contributed by atoms with van der Waals surface area (Å²) in [4.78, 5) is 22.6. The monoisotopic (exact) mass is 291 g/mol. The summed E-state index contributed by atoms with van der Waals surface area (Å²) in [5, 5.41) is 15.7. The molecule has 0 saturated carbocycles. The average Bonchev–Trinajstić information content (AvgIpc) is 3.00. The number of rotatable bonds is 6. The summed E-state index contributed by atoms with van der Waals surface area (Å²) in [5.41, 5.74) is 1.58. The van der Waals surface area contributed by atoms with E-state index in [1.165, 1.54) is 0 Å². The van der Waals surface area contributed by atoms with Gasteiger partial charge in [-0.1, -0.05) is 0 Å². The minimum Gasteiger partial charge on any atom is -0.475 e. The molecular weight excluding hydrogens is 274 g/mol. The van der Waals surface area contributed by atoms with E-state index >= 15 is 0 Å². The molecule has 1 amide bonds. The van der Waals surface area contributed by atoms with Gasteiger partial charge in [0.1, 0.15) is 5.76 Å². The summed E-state index contributed by atoms with van der Waals surface area (Å²) in [5.74, 6) is -0.923. The molecule has 7 nitrogen and oxygen atoms in total. The fourth-order valence-corrected chi connectivity index (χ4v) is 1.93. The van der Waals surface area contributed by atoms with Gasteiger partial charge in [-0.3, -0.25) is 9.48 Å². The van der Waals surface area contributed by atoms with Gasteiger partial charge in [-0.05, 0) is 25.5 Å². The number of hydrogen-bond donors (Lipinski definition) is 2. The van der Waals surface area contributed by atoms with Crippen LogP contribution in [0.3, 0.4) is 0 Å². The predicted octanol–water partition coefficient (Wildman–Crippen LogP) is 1.50. The second kappa shape index (κ2) is 6.25. The smallest absolute Gasteiger partial charge is 0.372 e. The van der Waals surface area contributed by atoms with Gasteiger partial charge in [0.2, 0.25) is 11.7 Å². The van der Waals surface area contributed by atoms with Crippen molar-refractivity contribution in [2.45, 2.75) is 33.4 Å². The molecule has 2 aromatic heterocycles. The molecule has 0 aromatic carbocycles. The van der Waals surface area contributed by atoms with Crippen molar-refractivity contribution in [3.05, 3.63) is 41.1 Å². The fraction of sp³-hybridized carbons (Fsp3) is 0.357. The van der Waals surface area contributed by atoms with E-state index in [0.717, 1.165) is 5.56 Å². The van der Waals surface area contributed by atoms with Gasteiger partial charge in [0.05, 0.1) is 12.7 Å². The first-order valence-corrected chi connectivity index (χ1v) is 6.54. The topological polar surface area (TPSA) is 97.4 Å². The van der Waals surface area contributed by atoms with Gasteiger partial charge in [0.15, 0.2) is 0 Å². The maximum Gasteiger partial charge on any atom is 0.372 e. The van der Waals surface area contributed by atoms with Crippen LogP contribution in [0, 0.1) is 13.8 Å². The lowest BCUT2D eigenvalue weighted by Gasteiger charge is -2.03.